The summed E-state index contributed by atoms with van der Waals surface area (Å²) in [6, 6.07) is -0.509. The van der Waals surface area contributed by atoms with Crippen molar-refractivity contribution in [1.82, 2.24) is 14.7 Å². The van der Waals surface area contributed by atoms with E-state index in [0.29, 0.717) is 26.2 Å². The van der Waals surface area contributed by atoms with E-state index in [-0.39, 0.29) is 35.5 Å². The number of Topliss-reactive ketones (excluding diaryl/α,β-unsaturated/α-hetero) is 1. The summed E-state index contributed by atoms with van der Waals surface area (Å²) >= 11 is 0. The molecule has 0 unspecified atom stereocenters. The van der Waals surface area contributed by atoms with E-state index < -0.39 is 6.04 Å². The van der Waals surface area contributed by atoms with Gasteiger partial charge < -0.3 is 14.7 Å². The third-order valence-corrected chi connectivity index (χ3v) is 5.00. The Hall–Kier alpha value is -1.59. The second-order valence-corrected chi connectivity index (χ2v) is 7.73. The number of carbonyl (C=O) groups is 3. The molecule has 2 aliphatic rings. The third-order valence-electron chi connectivity index (χ3n) is 5.00. The van der Waals surface area contributed by atoms with E-state index in [4.69, 9.17) is 0 Å². The Balaban J connectivity index is 1.95. The molecule has 0 aromatic heterocycles. The van der Waals surface area contributed by atoms with Crippen LogP contribution >= 0.6 is 0 Å². The van der Waals surface area contributed by atoms with Crippen molar-refractivity contribution in [3.05, 3.63) is 0 Å². The van der Waals surface area contributed by atoms with Crippen molar-refractivity contribution in [2.45, 2.75) is 46.6 Å². The second-order valence-electron chi connectivity index (χ2n) is 7.73. The van der Waals surface area contributed by atoms with E-state index in [1.165, 1.54) is 0 Å². The molecule has 1 aliphatic heterocycles. The van der Waals surface area contributed by atoms with Crippen LogP contribution in [-0.2, 0) is 9.59 Å². The smallest absolute Gasteiger partial charge is 0.320 e. The lowest BCUT2D eigenvalue weighted by molar-refractivity contribution is -0.134. The molecule has 0 spiro atoms. The van der Waals surface area contributed by atoms with Crippen molar-refractivity contribution in [3.63, 3.8) is 0 Å². The maximum Gasteiger partial charge on any atom is 0.320 e. The summed E-state index contributed by atoms with van der Waals surface area (Å²) in [5.41, 5.74) is 0. The van der Waals surface area contributed by atoms with Crippen LogP contribution < -0.4 is 0 Å². The number of rotatable bonds is 5. The molecule has 0 aromatic rings. The summed E-state index contributed by atoms with van der Waals surface area (Å²) < 4.78 is 0. The Labute approximate surface area is 145 Å². The quantitative estimate of drug-likeness (QED) is 0.769. The fraction of sp³-hybridized carbons (Fsp3) is 0.833. The topological polar surface area (TPSA) is 60.9 Å². The minimum atomic E-state index is -0.399. The molecule has 3 amide bonds. The molecule has 24 heavy (non-hydrogen) atoms. The number of urea groups is 1. The van der Waals surface area contributed by atoms with E-state index in [0.717, 1.165) is 12.8 Å². The number of ketones is 1. The van der Waals surface area contributed by atoms with Gasteiger partial charge in [-0.1, -0.05) is 27.7 Å². The monoisotopic (exact) mass is 337 g/mol. The molecular formula is C18H31N3O3. The van der Waals surface area contributed by atoms with Crippen LogP contribution in [0, 0.1) is 17.8 Å². The van der Waals surface area contributed by atoms with Crippen LogP contribution in [0.15, 0.2) is 0 Å². The molecule has 1 heterocycles. The maximum absolute atomic E-state index is 12.8. The maximum atomic E-state index is 12.8. The fourth-order valence-electron chi connectivity index (χ4n) is 3.36. The van der Waals surface area contributed by atoms with Gasteiger partial charge in [-0.2, -0.15) is 0 Å². The first-order valence-electron chi connectivity index (χ1n) is 9.08. The normalized spacial score (nSPS) is 19.6. The first-order chi connectivity index (χ1) is 11.2. The Morgan fingerprint density at radius 1 is 0.917 bits per heavy atom. The largest absolute Gasteiger partial charge is 0.339 e. The van der Waals surface area contributed by atoms with Gasteiger partial charge in [-0.25, -0.2) is 4.79 Å². The minimum absolute atomic E-state index is 0.0755. The standard InChI is InChI=1S/C18H31N3O3/c1-12(2)15(16(22)13(3)4)19(5)18(24)21-10-8-20(9-11-21)17(23)14-6-7-14/h12-15H,6-11H2,1-5H3/t15-/m0/s1. The van der Waals surface area contributed by atoms with Crippen LogP contribution in [0.3, 0.4) is 0 Å². The second kappa shape index (κ2) is 7.53. The molecule has 0 aromatic carbocycles. The Kier molecular flexibility index (Phi) is 5.88. The Morgan fingerprint density at radius 2 is 1.42 bits per heavy atom. The summed E-state index contributed by atoms with van der Waals surface area (Å²) in [6.45, 7) is 9.97. The van der Waals surface area contributed by atoms with E-state index in [1.54, 1.807) is 16.8 Å². The van der Waals surface area contributed by atoms with Gasteiger partial charge in [0.25, 0.3) is 0 Å². The molecule has 1 aliphatic carbocycles. The van der Waals surface area contributed by atoms with Crippen molar-refractivity contribution < 1.29 is 14.4 Å². The lowest BCUT2D eigenvalue weighted by Crippen LogP contribution is -2.57. The van der Waals surface area contributed by atoms with Gasteiger partial charge in [-0.05, 0) is 18.8 Å². The van der Waals surface area contributed by atoms with Gasteiger partial charge in [-0.15, -0.1) is 0 Å². The van der Waals surface area contributed by atoms with Gasteiger partial charge >= 0.3 is 6.03 Å². The highest BCUT2D eigenvalue weighted by Gasteiger charge is 2.37. The van der Waals surface area contributed by atoms with E-state index >= 15 is 0 Å². The fourth-order valence-corrected chi connectivity index (χ4v) is 3.36. The van der Waals surface area contributed by atoms with E-state index in [9.17, 15) is 14.4 Å². The number of piperazine rings is 1. The van der Waals surface area contributed by atoms with Gasteiger partial charge in [0.15, 0.2) is 5.78 Å². The number of hydrogen-bond acceptors (Lipinski definition) is 3. The zero-order valence-corrected chi connectivity index (χ0v) is 15.6. The molecular weight excluding hydrogens is 306 g/mol. The minimum Gasteiger partial charge on any atom is -0.339 e. The predicted octanol–water partition coefficient (Wildman–Crippen LogP) is 1.84. The Morgan fingerprint density at radius 3 is 1.83 bits per heavy atom. The lowest BCUT2D eigenvalue weighted by Gasteiger charge is -2.39. The molecule has 1 atom stereocenters. The van der Waals surface area contributed by atoms with Crippen molar-refractivity contribution in [3.8, 4) is 0 Å². The van der Waals surface area contributed by atoms with Crippen LogP contribution in [0.4, 0.5) is 4.79 Å². The van der Waals surface area contributed by atoms with E-state index in [1.807, 2.05) is 32.6 Å². The highest BCUT2D eigenvalue weighted by atomic mass is 16.2. The molecule has 136 valence electrons. The number of likely N-dealkylation sites (N-methyl/N-ethyl adjacent to an activating group) is 1. The van der Waals surface area contributed by atoms with Crippen molar-refractivity contribution >= 4 is 17.7 Å². The van der Waals surface area contributed by atoms with Gasteiger partial charge in [0, 0.05) is 45.1 Å². The summed E-state index contributed by atoms with van der Waals surface area (Å²) in [7, 11) is 1.72. The number of nitrogens with zero attached hydrogens (tertiary/aromatic N) is 3. The molecule has 0 radical (unpaired) electrons. The Bertz CT molecular complexity index is 492. The van der Waals surface area contributed by atoms with E-state index in [2.05, 4.69) is 0 Å². The van der Waals surface area contributed by atoms with Crippen LogP contribution in [-0.4, -0.2) is 71.7 Å². The predicted molar refractivity (Wildman–Crippen MR) is 92.5 cm³/mol. The zero-order valence-electron chi connectivity index (χ0n) is 15.6. The van der Waals surface area contributed by atoms with Crippen LogP contribution in [0.5, 0.6) is 0 Å². The summed E-state index contributed by atoms with van der Waals surface area (Å²) in [6.07, 6.45) is 2.02. The van der Waals surface area contributed by atoms with Crippen LogP contribution in [0.1, 0.15) is 40.5 Å². The van der Waals surface area contributed by atoms with Crippen molar-refractivity contribution in [2.75, 3.05) is 33.2 Å². The van der Waals surface area contributed by atoms with Crippen LogP contribution in [0.25, 0.3) is 0 Å². The average Bonchev–Trinajstić information content (AvgIpc) is 3.38. The highest BCUT2D eigenvalue weighted by molar-refractivity contribution is 5.90. The van der Waals surface area contributed by atoms with Gasteiger partial charge in [0.05, 0.1) is 6.04 Å². The first-order valence-corrected chi connectivity index (χ1v) is 9.08. The molecule has 1 saturated heterocycles. The van der Waals surface area contributed by atoms with Crippen molar-refractivity contribution in [2.24, 2.45) is 17.8 Å². The average molecular weight is 337 g/mol. The molecule has 6 heteroatoms. The SMILES string of the molecule is CC(C)C(=O)[C@H](C(C)C)N(C)C(=O)N1CCN(C(=O)C2CC2)CC1. The zero-order chi connectivity index (χ0) is 18.0. The highest BCUT2D eigenvalue weighted by Crippen LogP contribution is 2.31. The van der Waals surface area contributed by atoms with Gasteiger partial charge in [0.2, 0.25) is 5.91 Å². The summed E-state index contributed by atoms with van der Waals surface area (Å²) in [5, 5.41) is 0. The molecule has 2 fully saturated rings. The number of hydrogen-bond donors (Lipinski definition) is 0. The van der Waals surface area contributed by atoms with Gasteiger partial charge in [0.1, 0.15) is 0 Å². The molecule has 0 bridgehead atoms. The summed E-state index contributed by atoms with van der Waals surface area (Å²) in [4.78, 5) is 42.6. The third kappa shape index (κ3) is 4.08. The van der Waals surface area contributed by atoms with Gasteiger partial charge in [-0.3, -0.25) is 9.59 Å². The van der Waals surface area contributed by atoms with Crippen LogP contribution in [0.2, 0.25) is 0 Å². The first kappa shape index (κ1) is 18.7. The molecule has 2 rings (SSSR count). The lowest BCUT2D eigenvalue weighted by atomic mass is 9.92. The molecule has 1 saturated carbocycles. The van der Waals surface area contributed by atoms with Crippen molar-refractivity contribution in [1.29, 1.82) is 0 Å². The number of carbonyl (C=O) groups excluding carboxylic acids is 3. The number of amides is 3. The molecule has 6 nitrogen and oxygen atoms in total. The summed E-state index contributed by atoms with van der Waals surface area (Å²) in [5.74, 6) is 0.546. The molecule has 0 N–H and O–H groups in total.